The number of hydrogen-bond donors (Lipinski definition) is 1. The molecule has 1 fully saturated rings. The molecule has 7 heteroatoms. The zero-order chi connectivity index (χ0) is 14.2. The second kappa shape index (κ2) is 5.26. The lowest BCUT2D eigenvalue weighted by atomic mass is 10.1. The number of piperazine rings is 1. The minimum absolute atomic E-state index is 0.0533. The monoisotopic (exact) mass is 282 g/mol. The van der Waals surface area contributed by atoms with Crippen molar-refractivity contribution in [3.05, 3.63) is 15.6 Å². The van der Waals surface area contributed by atoms with Gasteiger partial charge >= 0.3 is 0 Å². The number of primary amides is 1. The summed E-state index contributed by atoms with van der Waals surface area (Å²) >= 11 is 1.39. The maximum Gasteiger partial charge on any atom is 0.265 e. The molecule has 2 amide bonds. The largest absolute Gasteiger partial charge is 0.368 e. The third-order valence-corrected chi connectivity index (χ3v) is 4.42. The van der Waals surface area contributed by atoms with Gasteiger partial charge in [0.05, 0.1) is 10.7 Å². The highest BCUT2D eigenvalue weighted by Gasteiger charge is 2.32. The summed E-state index contributed by atoms with van der Waals surface area (Å²) in [7, 11) is 1.85. The molecule has 2 N–H and O–H groups in total. The number of aromatic nitrogens is 1. The molecule has 1 atom stereocenters. The number of carbonyl (C=O) groups excluding carboxylic acids is 2. The predicted molar refractivity (Wildman–Crippen MR) is 73.1 cm³/mol. The van der Waals surface area contributed by atoms with Gasteiger partial charge in [0.15, 0.2) is 0 Å². The van der Waals surface area contributed by atoms with Crippen LogP contribution >= 0.6 is 11.3 Å². The van der Waals surface area contributed by atoms with E-state index in [9.17, 15) is 9.59 Å². The van der Waals surface area contributed by atoms with Gasteiger partial charge in [-0.15, -0.1) is 11.3 Å². The van der Waals surface area contributed by atoms with Crippen LogP contribution in [0.25, 0.3) is 0 Å². The van der Waals surface area contributed by atoms with Crippen molar-refractivity contribution in [2.75, 3.05) is 26.7 Å². The molecule has 1 aromatic rings. The third kappa shape index (κ3) is 2.76. The van der Waals surface area contributed by atoms with Gasteiger partial charge in [0.2, 0.25) is 5.91 Å². The van der Waals surface area contributed by atoms with Crippen molar-refractivity contribution < 1.29 is 9.59 Å². The first-order valence-electron chi connectivity index (χ1n) is 6.13. The molecule has 0 saturated carbocycles. The van der Waals surface area contributed by atoms with E-state index in [2.05, 4.69) is 4.98 Å². The van der Waals surface area contributed by atoms with E-state index in [-0.39, 0.29) is 5.91 Å². The van der Waals surface area contributed by atoms with E-state index in [0.717, 1.165) is 10.7 Å². The lowest BCUT2D eigenvalue weighted by molar-refractivity contribution is -0.124. The van der Waals surface area contributed by atoms with Crippen LogP contribution in [0.15, 0.2) is 0 Å². The van der Waals surface area contributed by atoms with Gasteiger partial charge in [-0.3, -0.25) is 14.5 Å². The van der Waals surface area contributed by atoms with Crippen LogP contribution in [0.3, 0.4) is 0 Å². The molecule has 6 nitrogen and oxygen atoms in total. The lowest BCUT2D eigenvalue weighted by Crippen LogP contribution is -2.57. The van der Waals surface area contributed by atoms with Crippen LogP contribution in [-0.4, -0.2) is 59.3 Å². The van der Waals surface area contributed by atoms with Crippen LogP contribution in [0.1, 0.15) is 20.4 Å². The topological polar surface area (TPSA) is 79.5 Å². The maximum absolute atomic E-state index is 12.4. The molecule has 1 unspecified atom stereocenters. The highest BCUT2D eigenvalue weighted by Crippen LogP contribution is 2.20. The van der Waals surface area contributed by atoms with Crippen LogP contribution < -0.4 is 5.73 Å². The highest BCUT2D eigenvalue weighted by molar-refractivity contribution is 7.13. The number of aryl methyl sites for hydroxylation is 2. The number of nitrogens with zero attached hydrogens (tertiary/aromatic N) is 3. The number of thiazole rings is 1. The molecule has 0 radical (unpaired) electrons. The van der Waals surface area contributed by atoms with E-state index in [0.29, 0.717) is 24.5 Å². The maximum atomic E-state index is 12.4. The Kier molecular flexibility index (Phi) is 3.86. The number of amides is 2. The summed E-state index contributed by atoms with van der Waals surface area (Å²) in [6.45, 7) is 5.32. The lowest BCUT2D eigenvalue weighted by Gasteiger charge is -2.37. The molecule has 1 saturated heterocycles. The Balaban J connectivity index is 2.16. The van der Waals surface area contributed by atoms with E-state index in [1.807, 2.05) is 25.8 Å². The Morgan fingerprint density at radius 1 is 1.37 bits per heavy atom. The summed E-state index contributed by atoms with van der Waals surface area (Å²) in [4.78, 5) is 32.3. The van der Waals surface area contributed by atoms with Gasteiger partial charge in [-0.2, -0.15) is 0 Å². The van der Waals surface area contributed by atoms with Gasteiger partial charge < -0.3 is 10.6 Å². The van der Waals surface area contributed by atoms with Gasteiger partial charge in [-0.05, 0) is 20.9 Å². The zero-order valence-electron chi connectivity index (χ0n) is 11.3. The molecular formula is C12H18N4O2S. The van der Waals surface area contributed by atoms with Crippen molar-refractivity contribution >= 4 is 23.2 Å². The Morgan fingerprint density at radius 3 is 2.58 bits per heavy atom. The normalized spacial score (nSPS) is 20.6. The first kappa shape index (κ1) is 14.0. The van der Waals surface area contributed by atoms with Crippen LogP contribution in [0.5, 0.6) is 0 Å². The second-order valence-electron chi connectivity index (χ2n) is 4.80. The third-order valence-electron chi connectivity index (χ3n) is 3.36. The Bertz CT molecular complexity index is 514. The van der Waals surface area contributed by atoms with E-state index >= 15 is 0 Å². The summed E-state index contributed by atoms with van der Waals surface area (Å²) < 4.78 is 0. The fourth-order valence-corrected chi connectivity index (χ4v) is 3.13. The summed E-state index contributed by atoms with van der Waals surface area (Å²) in [5.41, 5.74) is 6.12. The van der Waals surface area contributed by atoms with Crippen molar-refractivity contribution in [1.82, 2.24) is 14.8 Å². The van der Waals surface area contributed by atoms with Gasteiger partial charge in [-0.25, -0.2) is 4.98 Å². The Hall–Kier alpha value is -1.47. The molecule has 2 heterocycles. The summed E-state index contributed by atoms with van der Waals surface area (Å²) in [6.07, 6.45) is 0. The Morgan fingerprint density at radius 2 is 2.05 bits per heavy atom. The average molecular weight is 282 g/mol. The average Bonchev–Trinajstić information content (AvgIpc) is 2.68. The number of hydrogen-bond acceptors (Lipinski definition) is 5. The predicted octanol–water partition coefficient (Wildman–Crippen LogP) is 0.00144. The number of nitrogens with two attached hydrogens (primary N) is 1. The van der Waals surface area contributed by atoms with Gasteiger partial charge in [0, 0.05) is 19.6 Å². The van der Waals surface area contributed by atoms with E-state index < -0.39 is 11.9 Å². The van der Waals surface area contributed by atoms with E-state index in [1.165, 1.54) is 11.3 Å². The van der Waals surface area contributed by atoms with Crippen molar-refractivity contribution in [3.8, 4) is 0 Å². The van der Waals surface area contributed by atoms with Crippen molar-refractivity contribution in [2.24, 2.45) is 5.73 Å². The molecule has 0 bridgehead atoms. The number of carbonyl (C=O) groups is 2. The smallest absolute Gasteiger partial charge is 0.265 e. The van der Waals surface area contributed by atoms with Crippen LogP contribution in [0, 0.1) is 13.8 Å². The Labute approximate surface area is 116 Å². The van der Waals surface area contributed by atoms with Crippen molar-refractivity contribution in [2.45, 2.75) is 19.9 Å². The molecule has 1 aliphatic rings. The quantitative estimate of drug-likeness (QED) is 0.828. The summed E-state index contributed by atoms with van der Waals surface area (Å²) in [5, 5.41) is 0.876. The SMILES string of the molecule is Cc1nc(C)c(C(=O)N2CCN(C)C(C(N)=O)C2)s1. The van der Waals surface area contributed by atoms with Crippen LogP contribution in [0.2, 0.25) is 0 Å². The molecular weight excluding hydrogens is 264 g/mol. The van der Waals surface area contributed by atoms with E-state index in [1.54, 1.807) is 4.90 Å². The second-order valence-corrected chi connectivity index (χ2v) is 6.00. The standard InChI is InChI=1S/C12H18N4O2S/c1-7-10(19-8(2)14-7)12(18)16-5-4-15(3)9(6-16)11(13)17/h9H,4-6H2,1-3H3,(H2,13,17). The van der Waals surface area contributed by atoms with Crippen molar-refractivity contribution in [3.63, 3.8) is 0 Å². The fourth-order valence-electron chi connectivity index (χ4n) is 2.24. The molecule has 0 spiro atoms. The summed E-state index contributed by atoms with van der Waals surface area (Å²) in [5.74, 6) is -0.445. The molecule has 104 valence electrons. The highest BCUT2D eigenvalue weighted by atomic mass is 32.1. The minimum Gasteiger partial charge on any atom is -0.368 e. The van der Waals surface area contributed by atoms with Gasteiger partial charge in [0.1, 0.15) is 10.9 Å². The van der Waals surface area contributed by atoms with E-state index in [4.69, 9.17) is 5.73 Å². The van der Waals surface area contributed by atoms with Crippen molar-refractivity contribution in [1.29, 1.82) is 0 Å². The molecule has 2 rings (SSSR count). The molecule has 19 heavy (non-hydrogen) atoms. The minimum atomic E-state index is -0.410. The van der Waals surface area contributed by atoms with Gasteiger partial charge in [0.25, 0.3) is 5.91 Å². The summed E-state index contributed by atoms with van der Waals surface area (Å²) in [6, 6.07) is -0.410. The molecule has 1 aliphatic heterocycles. The molecule has 1 aromatic heterocycles. The first-order chi connectivity index (χ1) is 8.90. The number of rotatable bonds is 2. The molecule has 0 aliphatic carbocycles. The zero-order valence-corrected chi connectivity index (χ0v) is 12.2. The molecule has 0 aromatic carbocycles. The fraction of sp³-hybridized carbons (Fsp3) is 0.583. The van der Waals surface area contributed by atoms with Crippen LogP contribution in [0.4, 0.5) is 0 Å². The van der Waals surface area contributed by atoms with Gasteiger partial charge in [-0.1, -0.05) is 0 Å². The first-order valence-corrected chi connectivity index (χ1v) is 6.94. The number of likely N-dealkylation sites (N-methyl/N-ethyl adjacent to an activating group) is 1. The van der Waals surface area contributed by atoms with Crippen LogP contribution in [-0.2, 0) is 4.79 Å².